The molecule has 0 radical (unpaired) electrons. The smallest absolute Gasteiger partial charge is 0.251 e. The standard InChI is InChI=1S/C19H23ClN2O4/c20-15-5-3-14(4-6-15)16(23)7-8-18(24)21-9-11-22(12-10-21)19(25)17-2-1-13-26-17/h3-6,17H,1-2,7-13H2. The van der Waals surface area contributed by atoms with E-state index in [1.807, 2.05) is 0 Å². The molecular formula is C19H23ClN2O4. The van der Waals surface area contributed by atoms with Crippen molar-refractivity contribution >= 4 is 29.2 Å². The van der Waals surface area contributed by atoms with E-state index in [9.17, 15) is 14.4 Å². The van der Waals surface area contributed by atoms with Gasteiger partial charge in [-0.15, -0.1) is 0 Å². The molecule has 2 aliphatic rings. The summed E-state index contributed by atoms with van der Waals surface area (Å²) in [6.45, 7) is 2.71. The van der Waals surface area contributed by atoms with Crippen molar-refractivity contribution in [1.82, 2.24) is 9.80 Å². The topological polar surface area (TPSA) is 66.9 Å². The van der Waals surface area contributed by atoms with Crippen molar-refractivity contribution in [1.29, 1.82) is 0 Å². The number of piperazine rings is 1. The summed E-state index contributed by atoms with van der Waals surface area (Å²) >= 11 is 5.81. The van der Waals surface area contributed by atoms with Gasteiger partial charge in [-0.1, -0.05) is 11.6 Å². The number of hydrogen-bond donors (Lipinski definition) is 0. The molecule has 2 aliphatic heterocycles. The first-order valence-electron chi connectivity index (χ1n) is 9.01. The summed E-state index contributed by atoms with van der Waals surface area (Å²) in [7, 11) is 0. The van der Waals surface area contributed by atoms with Crippen LogP contribution in [0.5, 0.6) is 0 Å². The molecule has 3 rings (SSSR count). The number of carbonyl (C=O) groups excluding carboxylic acids is 3. The molecule has 1 atom stereocenters. The van der Waals surface area contributed by atoms with Gasteiger partial charge in [0.2, 0.25) is 5.91 Å². The van der Waals surface area contributed by atoms with Gasteiger partial charge in [0, 0.05) is 56.2 Å². The lowest BCUT2D eigenvalue weighted by Gasteiger charge is -2.35. The third-order valence-corrected chi connectivity index (χ3v) is 5.13. The molecule has 1 aromatic carbocycles. The highest BCUT2D eigenvalue weighted by atomic mass is 35.5. The zero-order chi connectivity index (χ0) is 18.5. The molecule has 0 saturated carbocycles. The van der Waals surface area contributed by atoms with Crippen LogP contribution in [0.4, 0.5) is 0 Å². The Morgan fingerprint density at radius 3 is 2.27 bits per heavy atom. The van der Waals surface area contributed by atoms with Crippen LogP contribution in [0.3, 0.4) is 0 Å². The summed E-state index contributed by atoms with van der Waals surface area (Å²) in [5.74, 6) is -0.0775. The van der Waals surface area contributed by atoms with E-state index in [1.54, 1.807) is 34.1 Å². The Balaban J connectivity index is 1.42. The van der Waals surface area contributed by atoms with Gasteiger partial charge in [0.1, 0.15) is 6.10 Å². The van der Waals surface area contributed by atoms with E-state index in [4.69, 9.17) is 16.3 Å². The predicted octanol–water partition coefficient (Wildman–Crippen LogP) is 2.15. The number of ketones is 1. The highest BCUT2D eigenvalue weighted by molar-refractivity contribution is 6.30. The normalized spacial score (nSPS) is 20.3. The summed E-state index contributed by atoms with van der Waals surface area (Å²) in [5.41, 5.74) is 0.564. The predicted molar refractivity (Wildman–Crippen MR) is 97.2 cm³/mol. The van der Waals surface area contributed by atoms with Crippen LogP contribution in [0.1, 0.15) is 36.0 Å². The quantitative estimate of drug-likeness (QED) is 0.736. The summed E-state index contributed by atoms with van der Waals surface area (Å²) in [6, 6.07) is 6.68. The highest BCUT2D eigenvalue weighted by Gasteiger charge is 2.31. The van der Waals surface area contributed by atoms with E-state index in [2.05, 4.69) is 0 Å². The SMILES string of the molecule is O=C(CCC(=O)N1CCN(C(=O)C2CCCO2)CC1)c1ccc(Cl)cc1. The van der Waals surface area contributed by atoms with Gasteiger partial charge in [-0.05, 0) is 37.1 Å². The van der Waals surface area contributed by atoms with Crippen LogP contribution in [0.2, 0.25) is 5.02 Å². The molecule has 2 fully saturated rings. The molecule has 2 amide bonds. The van der Waals surface area contributed by atoms with E-state index < -0.39 is 0 Å². The fraction of sp³-hybridized carbons (Fsp3) is 0.526. The number of amides is 2. The van der Waals surface area contributed by atoms with Crippen molar-refractivity contribution < 1.29 is 19.1 Å². The lowest BCUT2D eigenvalue weighted by molar-refractivity contribution is -0.146. The number of Topliss-reactive ketones (excluding diaryl/α,β-unsaturated/α-hetero) is 1. The van der Waals surface area contributed by atoms with Crippen molar-refractivity contribution in [2.75, 3.05) is 32.8 Å². The van der Waals surface area contributed by atoms with Gasteiger partial charge < -0.3 is 14.5 Å². The number of ether oxygens (including phenoxy) is 1. The average Bonchev–Trinajstić information content (AvgIpc) is 3.20. The molecule has 26 heavy (non-hydrogen) atoms. The molecule has 1 aromatic rings. The largest absolute Gasteiger partial charge is 0.368 e. The molecule has 1 unspecified atom stereocenters. The molecule has 0 aliphatic carbocycles. The Bertz CT molecular complexity index is 663. The Hall–Kier alpha value is -1.92. The molecule has 0 aromatic heterocycles. The van der Waals surface area contributed by atoms with Crippen molar-refractivity contribution in [3.05, 3.63) is 34.9 Å². The van der Waals surface area contributed by atoms with Gasteiger partial charge in [0.05, 0.1) is 0 Å². The number of nitrogens with zero attached hydrogens (tertiary/aromatic N) is 2. The second-order valence-electron chi connectivity index (χ2n) is 6.64. The Labute approximate surface area is 158 Å². The van der Waals surface area contributed by atoms with E-state index in [1.165, 1.54) is 0 Å². The number of rotatable bonds is 5. The van der Waals surface area contributed by atoms with Gasteiger partial charge in [-0.25, -0.2) is 0 Å². The third-order valence-electron chi connectivity index (χ3n) is 4.88. The minimum Gasteiger partial charge on any atom is -0.368 e. The van der Waals surface area contributed by atoms with Crippen molar-refractivity contribution in [2.45, 2.75) is 31.8 Å². The van der Waals surface area contributed by atoms with Crippen molar-refractivity contribution in [3.8, 4) is 0 Å². The maximum absolute atomic E-state index is 12.3. The Morgan fingerprint density at radius 1 is 1.00 bits per heavy atom. The van der Waals surface area contributed by atoms with Crippen LogP contribution in [0, 0.1) is 0 Å². The first-order valence-corrected chi connectivity index (χ1v) is 9.39. The minimum atomic E-state index is -0.311. The lowest BCUT2D eigenvalue weighted by atomic mass is 10.1. The second kappa shape index (κ2) is 8.64. The molecule has 2 heterocycles. The fourth-order valence-electron chi connectivity index (χ4n) is 3.31. The van der Waals surface area contributed by atoms with Crippen LogP contribution in [0.15, 0.2) is 24.3 Å². The number of hydrogen-bond acceptors (Lipinski definition) is 4. The Morgan fingerprint density at radius 2 is 1.65 bits per heavy atom. The van der Waals surface area contributed by atoms with E-state index in [0.29, 0.717) is 43.4 Å². The van der Waals surface area contributed by atoms with Crippen molar-refractivity contribution in [2.24, 2.45) is 0 Å². The lowest BCUT2D eigenvalue weighted by Crippen LogP contribution is -2.52. The first-order chi connectivity index (χ1) is 12.5. The van der Waals surface area contributed by atoms with Gasteiger partial charge >= 0.3 is 0 Å². The molecule has 0 N–H and O–H groups in total. The Kier molecular flexibility index (Phi) is 6.27. The molecule has 2 saturated heterocycles. The first kappa shape index (κ1) is 18.9. The molecule has 6 nitrogen and oxygen atoms in total. The summed E-state index contributed by atoms with van der Waals surface area (Å²) in [4.78, 5) is 40.3. The second-order valence-corrected chi connectivity index (χ2v) is 7.07. The molecule has 7 heteroatoms. The van der Waals surface area contributed by atoms with Crippen LogP contribution in [-0.4, -0.2) is 66.3 Å². The van der Waals surface area contributed by atoms with E-state index in [0.717, 1.165) is 12.8 Å². The zero-order valence-corrected chi connectivity index (χ0v) is 15.4. The number of carbonyl (C=O) groups is 3. The van der Waals surface area contributed by atoms with Crippen LogP contribution >= 0.6 is 11.6 Å². The summed E-state index contributed by atoms with van der Waals surface area (Å²) in [5, 5.41) is 0.577. The van der Waals surface area contributed by atoms with Gasteiger partial charge in [0.25, 0.3) is 5.91 Å². The maximum atomic E-state index is 12.3. The maximum Gasteiger partial charge on any atom is 0.251 e. The van der Waals surface area contributed by atoms with Gasteiger partial charge in [-0.3, -0.25) is 14.4 Å². The van der Waals surface area contributed by atoms with Crippen molar-refractivity contribution in [3.63, 3.8) is 0 Å². The van der Waals surface area contributed by atoms with Crippen LogP contribution < -0.4 is 0 Å². The van der Waals surface area contributed by atoms with Crippen LogP contribution in [0.25, 0.3) is 0 Å². The highest BCUT2D eigenvalue weighted by Crippen LogP contribution is 2.17. The monoisotopic (exact) mass is 378 g/mol. The average molecular weight is 379 g/mol. The number of halogens is 1. The summed E-state index contributed by atoms with van der Waals surface area (Å²) in [6.07, 6.45) is 1.76. The molecule has 0 spiro atoms. The zero-order valence-electron chi connectivity index (χ0n) is 14.7. The minimum absolute atomic E-state index is 0.0347. The van der Waals surface area contributed by atoms with E-state index in [-0.39, 0.29) is 36.5 Å². The summed E-state index contributed by atoms with van der Waals surface area (Å²) < 4.78 is 5.44. The molecular weight excluding hydrogens is 356 g/mol. The third kappa shape index (κ3) is 4.62. The molecule has 0 bridgehead atoms. The number of benzene rings is 1. The van der Waals surface area contributed by atoms with E-state index >= 15 is 0 Å². The fourth-order valence-corrected chi connectivity index (χ4v) is 3.44. The van der Waals surface area contributed by atoms with Gasteiger partial charge in [0.15, 0.2) is 5.78 Å². The van der Waals surface area contributed by atoms with Crippen LogP contribution in [-0.2, 0) is 14.3 Å². The van der Waals surface area contributed by atoms with Gasteiger partial charge in [-0.2, -0.15) is 0 Å². The molecule has 140 valence electrons.